The summed E-state index contributed by atoms with van der Waals surface area (Å²) in [5.41, 5.74) is 0. The molecule has 32 valence electrons. The zero-order valence-electron chi connectivity index (χ0n) is 3.55. The molecule has 0 rings (SSSR count). The smallest absolute Gasteiger partial charge is 2.00 e. The van der Waals surface area contributed by atoms with Gasteiger partial charge in [0.05, 0.1) is 0 Å². The number of rotatable bonds is 0. The Bertz CT molecular complexity index is 9.65. The van der Waals surface area contributed by atoms with Crippen LogP contribution in [0.2, 0.25) is 0 Å². The molecule has 0 aromatic rings. The van der Waals surface area contributed by atoms with E-state index in [2.05, 4.69) is 0 Å². The van der Waals surface area contributed by atoms with Crippen LogP contribution in [0.15, 0.2) is 0 Å². The second-order valence-corrected chi connectivity index (χ2v) is 0. The van der Waals surface area contributed by atoms with Gasteiger partial charge < -0.3 is 21.9 Å². The maximum Gasteiger partial charge on any atom is 4.00 e. The molecular weight excluding hydrogens is 313 g/mol. The first kappa shape index (κ1) is 155. The molecule has 0 saturated heterocycles. The summed E-state index contributed by atoms with van der Waals surface area (Å²) < 4.78 is 0. The molecule has 0 aliphatic rings. The number of hydrogen-bond acceptors (Lipinski definition) is 0. The Morgan fingerprint density at radius 1 is 0.429 bits per heavy atom. The van der Waals surface area contributed by atoms with Gasteiger partial charge in [-0.1, -0.05) is 0 Å². The predicted molar refractivity (Wildman–Crippen MR) is 8.50 cm³/mol. The maximum atomic E-state index is 0. The molecule has 0 N–H and O–H groups in total. The van der Waals surface area contributed by atoms with E-state index in [1.54, 1.807) is 0 Å². The fraction of sp³-hybridized carbons (Fsp3) is 0. The summed E-state index contributed by atoms with van der Waals surface area (Å²) in [6.45, 7) is 0. The average Bonchev–Trinajstić information content (AvgIpc) is 0. The van der Waals surface area contributed by atoms with E-state index in [9.17, 15) is 0 Å². The zero-order valence-corrected chi connectivity index (χ0v) is 12.3. The van der Waals surface area contributed by atoms with Crippen molar-refractivity contribution in [2.24, 2.45) is 0 Å². The second kappa shape index (κ2) is 105. The molecule has 7 heteroatoms. The van der Waals surface area contributed by atoms with Crippen LogP contribution in [0.5, 0.6) is 0 Å². The van der Waals surface area contributed by atoms with Crippen LogP contribution in [0.25, 0.3) is 0 Å². The molecule has 0 saturated carbocycles. The van der Waals surface area contributed by atoms with Crippen LogP contribution in [0, 0.1) is 0 Å². The van der Waals surface area contributed by atoms with Crippen molar-refractivity contribution in [3.8, 4) is 0 Å². The van der Waals surface area contributed by atoms with E-state index in [0.29, 0.717) is 0 Å². The summed E-state index contributed by atoms with van der Waals surface area (Å²) in [5.74, 6) is 0. The van der Waals surface area contributed by atoms with Gasteiger partial charge in [-0.05, 0) is 0 Å². The molecule has 0 amide bonds. The first-order valence-electron chi connectivity index (χ1n) is 0. The molecule has 0 aliphatic carbocycles. The normalized spacial score (nSPS) is 0. The van der Waals surface area contributed by atoms with Crippen molar-refractivity contribution in [1.82, 2.24) is 0 Å². The minimum atomic E-state index is 0. The van der Waals surface area contributed by atoms with E-state index in [4.69, 9.17) is 0 Å². The van der Waals surface area contributed by atoms with Crippen molar-refractivity contribution in [2.75, 3.05) is 0 Å². The van der Waals surface area contributed by atoms with Gasteiger partial charge in [-0.3, -0.25) is 0 Å². The Balaban J connectivity index is 0. The molecule has 0 unspecified atom stereocenters. The Kier molecular flexibility index (Phi) is 2330. The summed E-state index contributed by atoms with van der Waals surface area (Å²) in [5, 5.41) is 0. The van der Waals surface area contributed by atoms with Crippen LogP contribution in [0.1, 0.15) is 0 Å². The van der Waals surface area contributed by atoms with E-state index >= 15 is 0 Å². The van der Waals surface area contributed by atoms with Crippen LogP contribution in [-0.4, -0.2) is 23.9 Å². The third-order valence-electron chi connectivity index (χ3n) is 0. The topological polar surface area (TPSA) is 114 Å². The SMILES string of the molecule is [O-2].[O-2].[O-2].[O-2].[Sn+4].[Zn+2].[Zn+2]. The number of hydrogen-bond donors (Lipinski definition) is 0. The Morgan fingerprint density at radius 3 is 0.429 bits per heavy atom. The van der Waals surface area contributed by atoms with Gasteiger partial charge in [-0.15, -0.1) is 0 Å². The van der Waals surface area contributed by atoms with Crippen molar-refractivity contribution >= 4 is 23.9 Å². The van der Waals surface area contributed by atoms with Crippen LogP contribution in [0.3, 0.4) is 0 Å². The molecular formula is O4SnZn2. The Morgan fingerprint density at radius 2 is 0.429 bits per heavy atom. The van der Waals surface area contributed by atoms with Gasteiger partial charge in [0.1, 0.15) is 0 Å². The molecule has 7 heavy (non-hydrogen) atoms. The van der Waals surface area contributed by atoms with Gasteiger partial charge in [-0.25, -0.2) is 0 Å². The quantitative estimate of drug-likeness (QED) is 0.518. The summed E-state index contributed by atoms with van der Waals surface area (Å²) in [6, 6.07) is 0. The summed E-state index contributed by atoms with van der Waals surface area (Å²) in [4.78, 5) is 0. The van der Waals surface area contributed by atoms with Gasteiger partial charge in [0, 0.05) is 0 Å². The van der Waals surface area contributed by atoms with Crippen LogP contribution in [0.4, 0.5) is 0 Å². The molecule has 0 bridgehead atoms. The molecule has 0 radical (unpaired) electrons. The largest absolute Gasteiger partial charge is 4.00 e. The van der Waals surface area contributed by atoms with E-state index in [1.807, 2.05) is 0 Å². The van der Waals surface area contributed by atoms with Gasteiger partial charge in [0.25, 0.3) is 0 Å². The van der Waals surface area contributed by atoms with Crippen molar-refractivity contribution in [2.45, 2.75) is 0 Å². The molecule has 4 nitrogen and oxygen atoms in total. The van der Waals surface area contributed by atoms with E-state index in [-0.39, 0.29) is 84.8 Å². The zero-order chi connectivity index (χ0) is 0. The third-order valence-corrected chi connectivity index (χ3v) is 0. The van der Waals surface area contributed by atoms with Gasteiger partial charge in [0.2, 0.25) is 0 Å². The van der Waals surface area contributed by atoms with Gasteiger partial charge >= 0.3 is 62.9 Å². The average molecular weight is 313 g/mol. The molecule has 0 aromatic carbocycles. The van der Waals surface area contributed by atoms with Crippen molar-refractivity contribution < 1.29 is 60.9 Å². The molecule has 0 fully saturated rings. The first-order valence-corrected chi connectivity index (χ1v) is 0. The molecule has 0 aliphatic heterocycles. The first-order chi connectivity index (χ1) is 0. The van der Waals surface area contributed by atoms with E-state index in [0.717, 1.165) is 0 Å². The predicted octanol–water partition coefficient (Wildman–Crippen LogP) is -0.861. The Labute approximate surface area is 84.1 Å². The van der Waals surface area contributed by atoms with Crippen LogP contribution in [-0.2, 0) is 60.9 Å². The Hall–Kier alpha value is 1.89. The summed E-state index contributed by atoms with van der Waals surface area (Å²) >= 11 is 0. The van der Waals surface area contributed by atoms with Crippen LogP contribution >= 0.6 is 0 Å². The van der Waals surface area contributed by atoms with Crippen molar-refractivity contribution in [3.05, 3.63) is 0 Å². The fourth-order valence-electron chi connectivity index (χ4n) is 0. The third kappa shape index (κ3) is 76.8. The van der Waals surface area contributed by atoms with Gasteiger partial charge in [-0.2, -0.15) is 0 Å². The monoisotopic (exact) mass is 312 g/mol. The minimum Gasteiger partial charge on any atom is -2.00 e. The fourth-order valence-corrected chi connectivity index (χ4v) is 0. The van der Waals surface area contributed by atoms with Gasteiger partial charge in [0.15, 0.2) is 0 Å². The van der Waals surface area contributed by atoms with Crippen LogP contribution < -0.4 is 0 Å². The summed E-state index contributed by atoms with van der Waals surface area (Å²) in [7, 11) is 0. The molecule has 0 spiro atoms. The van der Waals surface area contributed by atoms with Crippen molar-refractivity contribution in [1.29, 1.82) is 0 Å². The molecule has 0 atom stereocenters. The molecule has 0 heterocycles. The van der Waals surface area contributed by atoms with E-state index < -0.39 is 0 Å². The summed E-state index contributed by atoms with van der Waals surface area (Å²) in [6.07, 6.45) is 0. The maximum absolute atomic E-state index is 0. The molecule has 0 aromatic heterocycles. The standard InChI is InChI=1S/4O.Sn.2Zn/q4*-2;+4;2*+2. The van der Waals surface area contributed by atoms with E-state index in [1.165, 1.54) is 0 Å². The minimum absolute atomic E-state index is 0. The van der Waals surface area contributed by atoms with Crippen molar-refractivity contribution in [3.63, 3.8) is 0 Å². The second-order valence-electron chi connectivity index (χ2n) is 0.